The number of aryl methyl sites for hydroxylation is 1. The van der Waals surface area contributed by atoms with Gasteiger partial charge in [0.15, 0.2) is 0 Å². The van der Waals surface area contributed by atoms with Gasteiger partial charge in [-0.2, -0.15) is 0 Å². The number of hydrogen-bond donors (Lipinski definition) is 1. The fourth-order valence-electron chi connectivity index (χ4n) is 1.79. The molecule has 4 heteroatoms. The standard InChI is InChI=1S/C11H10N4/c1-7-2-3-8-9(6-7)14-11(12)15-5-4-13-10(8)15/h2-6H,1H3,(H2,12,14). The van der Waals surface area contributed by atoms with Crippen LogP contribution in [-0.4, -0.2) is 14.4 Å². The normalized spacial score (nSPS) is 11.3. The summed E-state index contributed by atoms with van der Waals surface area (Å²) in [6, 6.07) is 6.09. The van der Waals surface area contributed by atoms with Crippen molar-refractivity contribution in [1.29, 1.82) is 0 Å². The average Bonchev–Trinajstić information content (AvgIpc) is 2.66. The lowest BCUT2D eigenvalue weighted by molar-refractivity contribution is 1.14. The van der Waals surface area contributed by atoms with Crippen molar-refractivity contribution in [3.05, 3.63) is 36.2 Å². The second kappa shape index (κ2) is 2.70. The number of imidazole rings is 1. The number of nitrogens with zero attached hydrogens (tertiary/aromatic N) is 3. The van der Waals surface area contributed by atoms with Gasteiger partial charge in [-0.3, -0.25) is 4.40 Å². The van der Waals surface area contributed by atoms with Crippen molar-refractivity contribution < 1.29 is 0 Å². The number of fused-ring (bicyclic) bond motifs is 3. The molecule has 0 aliphatic carbocycles. The molecule has 0 aliphatic rings. The zero-order valence-corrected chi connectivity index (χ0v) is 8.31. The van der Waals surface area contributed by atoms with E-state index in [1.165, 1.54) is 5.56 Å². The van der Waals surface area contributed by atoms with Gasteiger partial charge in [-0.1, -0.05) is 6.07 Å². The molecule has 0 saturated heterocycles. The molecule has 74 valence electrons. The number of anilines is 1. The van der Waals surface area contributed by atoms with Crippen molar-refractivity contribution in [2.75, 3.05) is 5.73 Å². The molecule has 2 heterocycles. The highest BCUT2D eigenvalue weighted by Gasteiger charge is 2.05. The van der Waals surface area contributed by atoms with Crippen LogP contribution in [0.2, 0.25) is 0 Å². The summed E-state index contributed by atoms with van der Waals surface area (Å²) < 4.78 is 1.79. The van der Waals surface area contributed by atoms with Gasteiger partial charge in [-0.25, -0.2) is 9.97 Å². The maximum Gasteiger partial charge on any atom is 0.206 e. The fraction of sp³-hybridized carbons (Fsp3) is 0.0909. The fourth-order valence-corrected chi connectivity index (χ4v) is 1.79. The van der Waals surface area contributed by atoms with E-state index < -0.39 is 0 Å². The quantitative estimate of drug-likeness (QED) is 0.599. The number of aromatic nitrogens is 3. The monoisotopic (exact) mass is 198 g/mol. The summed E-state index contributed by atoms with van der Waals surface area (Å²) in [5.41, 5.74) is 8.75. The number of nitrogen functional groups attached to an aromatic ring is 1. The Morgan fingerprint density at radius 1 is 1.33 bits per heavy atom. The van der Waals surface area contributed by atoms with Crippen LogP contribution >= 0.6 is 0 Å². The van der Waals surface area contributed by atoms with Gasteiger partial charge in [0.05, 0.1) is 5.52 Å². The van der Waals surface area contributed by atoms with Crippen LogP contribution in [0.3, 0.4) is 0 Å². The first-order valence-corrected chi connectivity index (χ1v) is 4.74. The van der Waals surface area contributed by atoms with Crippen molar-refractivity contribution >= 4 is 22.5 Å². The van der Waals surface area contributed by atoms with Crippen LogP contribution in [0.25, 0.3) is 16.6 Å². The maximum absolute atomic E-state index is 5.83. The third-order valence-corrected chi connectivity index (χ3v) is 2.52. The minimum atomic E-state index is 0.473. The lowest BCUT2D eigenvalue weighted by atomic mass is 10.2. The van der Waals surface area contributed by atoms with Gasteiger partial charge in [0.2, 0.25) is 5.95 Å². The molecule has 2 aromatic heterocycles. The Balaban J connectivity index is 2.60. The summed E-state index contributed by atoms with van der Waals surface area (Å²) >= 11 is 0. The predicted octanol–water partition coefficient (Wildman–Crippen LogP) is 1.77. The average molecular weight is 198 g/mol. The highest BCUT2D eigenvalue weighted by Crippen LogP contribution is 2.20. The first-order chi connectivity index (χ1) is 7.25. The van der Waals surface area contributed by atoms with Gasteiger partial charge in [-0.15, -0.1) is 0 Å². The third-order valence-electron chi connectivity index (χ3n) is 2.52. The Kier molecular flexibility index (Phi) is 1.48. The first-order valence-electron chi connectivity index (χ1n) is 4.74. The molecule has 3 rings (SSSR count). The first kappa shape index (κ1) is 8.23. The second-order valence-electron chi connectivity index (χ2n) is 3.61. The summed E-state index contributed by atoms with van der Waals surface area (Å²) in [6.45, 7) is 2.03. The molecular weight excluding hydrogens is 188 g/mol. The van der Waals surface area contributed by atoms with E-state index in [1.54, 1.807) is 10.6 Å². The highest BCUT2D eigenvalue weighted by molar-refractivity contribution is 5.92. The van der Waals surface area contributed by atoms with Crippen LogP contribution in [0.15, 0.2) is 30.6 Å². The molecular formula is C11H10N4. The number of hydrogen-bond acceptors (Lipinski definition) is 3. The van der Waals surface area contributed by atoms with Gasteiger partial charge in [0, 0.05) is 17.8 Å². The van der Waals surface area contributed by atoms with Crippen LogP contribution < -0.4 is 5.73 Å². The zero-order chi connectivity index (χ0) is 10.4. The summed E-state index contributed by atoms with van der Waals surface area (Å²) in [7, 11) is 0. The molecule has 0 amide bonds. The number of nitrogens with two attached hydrogens (primary N) is 1. The molecule has 0 spiro atoms. The summed E-state index contributed by atoms with van der Waals surface area (Å²) in [5.74, 6) is 0.473. The lowest BCUT2D eigenvalue weighted by Crippen LogP contribution is -2.00. The Morgan fingerprint density at radius 2 is 2.20 bits per heavy atom. The molecule has 15 heavy (non-hydrogen) atoms. The molecule has 0 radical (unpaired) electrons. The molecule has 0 aliphatic heterocycles. The van der Waals surface area contributed by atoms with Crippen LogP contribution in [0.5, 0.6) is 0 Å². The molecule has 0 fully saturated rings. The van der Waals surface area contributed by atoms with Gasteiger partial charge in [0.1, 0.15) is 5.65 Å². The second-order valence-corrected chi connectivity index (χ2v) is 3.61. The molecule has 0 bridgehead atoms. The largest absolute Gasteiger partial charge is 0.369 e. The van der Waals surface area contributed by atoms with E-state index in [4.69, 9.17) is 5.73 Å². The zero-order valence-electron chi connectivity index (χ0n) is 8.31. The molecule has 1 aromatic carbocycles. The van der Waals surface area contributed by atoms with Crippen molar-refractivity contribution in [2.45, 2.75) is 6.92 Å². The van der Waals surface area contributed by atoms with Crippen LogP contribution in [0.4, 0.5) is 5.95 Å². The van der Waals surface area contributed by atoms with Gasteiger partial charge < -0.3 is 5.73 Å². The van der Waals surface area contributed by atoms with Crippen molar-refractivity contribution in [3.63, 3.8) is 0 Å². The number of rotatable bonds is 0. The van der Waals surface area contributed by atoms with Gasteiger partial charge >= 0.3 is 0 Å². The van der Waals surface area contributed by atoms with Crippen molar-refractivity contribution in [3.8, 4) is 0 Å². The van der Waals surface area contributed by atoms with Crippen molar-refractivity contribution in [2.24, 2.45) is 0 Å². The SMILES string of the molecule is Cc1ccc2c(c1)nc(N)n1ccnc21. The van der Waals surface area contributed by atoms with E-state index >= 15 is 0 Å². The third kappa shape index (κ3) is 1.08. The summed E-state index contributed by atoms with van der Waals surface area (Å²) in [4.78, 5) is 8.62. The summed E-state index contributed by atoms with van der Waals surface area (Å²) in [6.07, 6.45) is 3.55. The highest BCUT2D eigenvalue weighted by atomic mass is 15.1. The topological polar surface area (TPSA) is 56.2 Å². The van der Waals surface area contributed by atoms with E-state index in [0.29, 0.717) is 5.95 Å². The van der Waals surface area contributed by atoms with Crippen LogP contribution in [0, 0.1) is 6.92 Å². The van der Waals surface area contributed by atoms with Gasteiger partial charge in [-0.05, 0) is 24.6 Å². The van der Waals surface area contributed by atoms with Crippen molar-refractivity contribution in [1.82, 2.24) is 14.4 Å². The maximum atomic E-state index is 5.83. The van der Waals surface area contributed by atoms with E-state index in [0.717, 1.165) is 16.6 Å². The predicted molar refractivity (Wildman–Crippen MR) is 59.6 cm³/mol. The van der Waals surface area contributed by atoms with Gasteiger partial charge in [0.25, 0.3) is 0 Å². The lowest BCUT2D eigenvalue weighted by Gasteiger charge is -2.03. The number of benzene rings is 1. The van der Waals surface area contributed by atoms with E-state index in [1.807, 2.05) is 25.3 Å². The molecule has 0 unspecified atom stereocenters. The minimum Gasteiger partial charge on any atom is -0.369 e. The minimum absolute atomic E-state index is 0.473. The Bertz CT molecular complexity index is 654. The van der Waals surface area contributed by atoms with E-state index in [9.17, 15) is 0 Å². The Morgan fingerprint density at radius 3 is 3.07 bits per heavy atom. The molecule has 3 aromatic rings. The molecule has 0 atom stereocenters. The van der Waals surface area contributed by atoms with Crippen LogP contribution in [0.1, 0.15) is 5.56 Å². The van der Waals surface area contributed by atoms with E-state index in [2.05, 4.69) is 16.0 Å². The molecule has 4 nitrogen and oxygen atoms in total. The Hall–Kier alpha value is -2.10. The molecule has 2 N–H and O–H groups in total. The van der Waals surface area contributed by atoms with E-state index in [-0.39, 0.29) is 0 Å². The summed E-state index contributed by atoms with van der Waals surface area (Å²) in [5, 5.41) is 1.03. The Labute approximate surface area is 86.4 Å². The molecule has 0 saturated carbocycles. The smallest absolute Gasteiger partial charge is 0.206 e. The van der Waals surface area contributed by atoms with Crippen LogP contribution in [-0.2, 0) is 0 Å².